The molecule has 1 N–H and O–H groups in total. The second-order valence-corrected chi connectivity index (χ2v) is 3.70. The van der Waals surface area contributed by atoms with Gasteiger partial charge in [0.25, 0.3) is 0 Å². The van der Waals surface area contributed by atoms with Crippen LogP contribution in [0.2, 0.25) is 0 Å². The van der Waals surface area contributed by atoms with E-state index < -0.39 is 0 Å². The number of para-hydroxylation sites is 2. The number of anilines is 1. The van der Waals surface area contributed by atoms with E-state index in [9.17, 15) is 0 Å². The first kappa shape index (κ1) is 9.09. The molecule has 0 amide bonds. The van der Waals surface area contributed by atoms with Gasteiger partial charge < -0.3 is 5.32 Å². The maximum Gasteiger partial charge on any atom is 0.0885 e. The van der Waals surface area contributed by atoms with E-state index in [2.05, 4.69) is 15.3 Å². The van der Waals surface area contributed by atoms with E-state index >= 15 is 0 Å². The number of benzene rings is 1. The molecule has 2 aromatic rings. The van der Waals surface area contributed by atoms with Crippen LogP contribution in [0, 0.1) is 0 Å². The number of fused-ring (bicyclic) bond motifs is 1. The van der Waals surface area contributed by atoms with Crippen LogP contribution in [0.1, 0.15) is 11.6 Å². The second kappa shape index (κ2) is 3.77. The van der Waals surface area contributed by atoms with E-state index in [1.807, 2.05) is 48.8 Å². The third-order valence-corrected chi connectivity index (χ3v) is 2.62. The topological polar surface area (TPSA) is 37.3 Å². The van der Waals surface area contributed by atoms with Gasteiger partial charge in [0, 0.05) is 18.6 Å². The fourth-order valence-corrected chi connectivity index (χ4v) is 1.80. The van der Waals surface area contributed by atoms with Crippen molar-refractivity contribution in [3.05, 3.63) is 54.4 Å². The Morgan fingerprint density at radius 2 is 2.00 bits per heavy atom. The fourth-order valence-electron chi connectivity index (χ4n) is 1.80. The number of nitrogens with one attached hydrogen (secondary N) is 1. The van der Waals surface area contributed by atoms with Gasteiger partial charge in [-0.3, -0.25) is 9.98 Å². The maximum atomic E-state index is 4.44. The minimum Gasteiger partial charge on any atom is -0.371 e. The molecular formula is C13H11N3. The Bertz CT molecular complexity index is 520. The van der Waals surface area contributed by atoms with Crippen molar-refractivity contribution in [1.29, 1.82) is 0 Å². The Morgan fingerprint density at radius 1 is 1.06 bits per heavy atom. The minimum absolute atomic E-state index is 0.114. The molecule has 1 unspecified atom stereocenters. The molecule has 78 valence electrons. The van der Waals surface area contributed by atoms with Crippen molar-refractivity contribution in [2.45, 2.75) is 6.04 Å². The maximum absolute atomic E-state index is 4.44. The highest BCUT2D eigenvalue weighted by Gasteiger charge is 2.14. The van der Waals surface area contributed by atoms with Gasteiger partial charge >= 0.3 is 0 Å². The van der Waals surface area contributed by atoms with Crippen molar-refractivity contribution in [3.8, 4) is 0 Å². The Balaban J connectivity index is 1.95. The lowest BCUT2D eigenvalue weighted by Crippen LogP contribution is -2.15. The van der Waals surface area contributed by atoms with Gasteiger partial charge in [-0.1, -0.05) is 18.2 Å². The summed E-state index contributed by atoms with van der Waals surface area (Å²) in [4.78, 5) is 8.55. The van der Waals surface area contributed by atoms with Crippen LogP contribution in [0.5, 0.6) is 0 Å². The van der Waals surface area contributed by atoms with E-state index in [1.54, 1.807) is 6.20 Å². The smallest absolute Gasteiger partial charge is 0.0885 e. The molecule has 1 aliphatic rings. The van der Waals surface area contributed by atoms with Crippen LogP contribution in [-0.4, -0.2) is 11.2 Å². The van der Waals surface area contributed by atoms with Crippen molar-refractivity contribution >= 4 is 17.6 Å². The molecule has 3 rings (SSSR count). The summed E-state index contributed by atoms with van der Waals surface area (Å²) in [5, 5.41) is 3.42. The van der Waals surface area contributed by atoms with Gasteiger partial charge in [-0.2, -0.15) is 0 Å². The normalized spacial score (nSPS) is 17.6. The first-order chi connectivity index (χ1) is 7.93. The zero-order valence-electron chi connectivity index (χ0n) is 8.67. The predicted molar refractivity (Wildman–Crippen MR) is 65.2 cm³/mol. The molecule has 3 heteroatoms. The average Bonchev–Trinajstić information content (AvgIpc) is 2.39. The molecule has 1 atom stereocenters. The summed E-state index contributed by atoms with van der Waals surface area (Å²) in [6.45, 7) is 0. The molecule has 1 aromatic carbocycles. The van der Waals surface area contributed by atoms with Crippen molar-refractivity contribution in [2.24, 2.45) is 4.99 Å². The van der Waals surface area contributed by atoms with E-state index in [0.29, 0.717) is 0 Å². The van der Waals surface area contributed by atoms with Crippen molar-refractivity contribution in [1.82, 2.24) is 4.98 Å². The first-order valence-corrected chi connectivity index (χ1v) is 5.23. The quantitative estimate of drug-likeness (QED) is 0.784. The Morgan fingerprint density at radius 3 is 2.88 bits per heavy atom. The number of rotatable bonds is 1. The first-order valence-electron chi connectivity index (χ1n) is 5.23. The predicted octanol–water partition coefficient (Wildman–Crippen LogP) is 2.95. The summed E-state index contributed by atoms with van der Waals surface area (Å²) in [5.41, 5.74) is 3.18. The lowest BCUT2D eigenvalue weighted by atomic mass is 10.1. The summed E-state index contributed by atoms with van der Waals surface area (Å²) >= 11 is 0. The van der Waals surface area contributed by atoms with E-state index in [4.69, 9.17) is 0 Å². The number of aromatic nitrogens is 1. The molecule has 0 saturated heterocycles. The summed E-state index contributed by atoms with van der Waals surface area (Å²) in [6, 6.07) is 12.1. The largest absolute Gasteiger partial charge is 0.371 e. The van der Waals surface area contributed by atoms with Crippen LogP contribution < -0.4 is 5.32 Å². The molecule has 0 radical (unpaired) electrons. The zero-order valence-corrected chi connectivity index (χ0v) is 8.67. The van der Waals surface area contributed by atoms with Crippen molar-refractivity contribution in [2.75, 3.05) is 5.32 Å². The number of nitrogens with zero attached hydrogens (tertiary/aromatic N) is 2. The number of hydrogen-bond donors (Lipinski definition) is 1. The van der Waals surface area contributed by atoms with Gasteiger partial charge in [0.05, 0.1) is 17.4 Å². The molecule has 3 nitrogen and oxygen atoms in total. The van der Waals surface area contributed by atoms with Gasteiger partial charge in [0.1, 0.15) is 0 Å². The minimum atomic E-state index is 0.114. The average molecular weight is 209 g/mol. The molecule has 0 fully saturated rings. The van der Waals surface area contributed by atoms with E-state index in [0.717, 1.165) is 16.9 Å². The monoisotopic (exact) mass is 209 g/mol. The van der Waals surface area contributed by atoms with Crippen LogP contribution in [0.25, 0.3) is 0 Å². The number of aliphatic imine (C=N–C) groups is 1. The van der Waals surface area contributed by atoms with E-state index in [-0.39, 0.29) is 6.04 Å². The number of pyridine rings is 1. The highest BCUT2D eigenvalue weighted by Crippen LogP contribution is 2.31. The number of hydrogen-bond acceptors (Lipinski definition) is 3. The second-order valence-electron chi connectivity index (χ2n) is 3.70. The summed E-state index contributed by atoms with van der Waals surface area (Å²) < 4.78 is 0. The highest BCUT2D eigenvalue weighted by molar-refractivity contribution is 5.83. The standard InChI is InChI=1S/C13H11N3/c1-2-6-12-11(5-1)15-9-13(16-12)10-4-3-7-14-8-10/h1-9,13,16H. The third kappa shape index (κ3) is 1.56. The summed E-state index contributed by atoms with van der Waals surface area (Å²) in [6.07, 6.45) is 5.55. The van der Waals surface area contributed by atoms with Crippen LogP contribution >= 0.6 is 0 Å². The molecule has 2 heterocycles. The Hall–Kier alpha value is -2.16. The van der Waals surface area contributed by atoms with Crippen LogP contribution in [0.3, 0.4) is 0 Å². The van der Waals surface area contributed by atoms with Crippen molar-refractivity contribution in [3.63, 3.8) is 0 Å². The van der Waals surface area contributed by atoms with Crippen LogP contribution in [-0.2, 0) is 0 Å². The Labute approximate surface area is 93.9 Å². The molecule has 0 aliphatic carbocycles. The molecule has 0 saturated carbocycles. The Kier molecular flexibility index (Phi) is 2.14. The van der Waals surface area contributed by atoms with Gasteiger partial charge in [-0.25, -0.2) is 0 Å². The van der Waals surface area contributed by atoms with Gasteiger partial charge in [-0.05, 0) is 23.8 Å². The van der Waals surface area contributed by atoms with Crippen LogP contribution in [0.4, 0.5) is 11.4 Å². The SMILES string of the molecule is C1=Nc2ccccc2NC1c1cccnc1. The van der Waals surface area contributed by atoms with Gasteiger partial charge in [-0.15, -0.1) is 0 Å². The molecule has 0 bridgehead atoms. The van der Waals surface area contributed by atoms with Gasteiger partial charge in [0.2, 0.25) is 0 Å². The molecule has 1 aromatic heterocycles. The van der Waals surface area contributed by atoms with Crippen molar-refractivity contribution < 1.29 is 0 Å². The lowest BCUT2D eigenvalue weighted by molar-refractivity contribution is 1.02. The molecule has 0 spiro atoms. The zero-order chi connectivity index (χ0) is 10.8. The molecule has 16 heavy (non-hydrogen) atoms. The molecule has 1 aliphatic heterocycles. The lowest BCUT2D eigenvalue weighted by Gasteiger charge is -2.21. The molecular weight excluding hydrogens is 198 g/mol. The van der Waals surface area contributed by atoms with Crippen LogP contribution in [0.15, 0.2) is 53.8 Å². The fraction of sp³-hybridized carbons (Fsp3) is 0.0769. The summed E-state index contributed by atoms with van der Waals surface area (Å²) in [7, 11) is 0. The highest BCUT2D eigenvalue weighted by atomic mass is 15.0. The third-order valence-electron chi connectivity index (χ3n) is 2.62. The van der Waals surface area contributed by atoms with Gasteiger partial charge in [0.15, 0.2) is 0 Å². The summed E-state index contributed by atoms with van der Waals surface area (Å²) in [5.74, 6) is 0. The van der Waals surface area contributed by atoms with E-state index in [1.165, 1.54) is 0 Å².